The highest BCUT2D eigenvalue weighted by Gasteiger charge is 2.32. The van der Waals surface area contributed by atoms with Crippen LogP contribution in [0, 0.1) is 0 Å². The summed E-state index contributed by atoms with van der Waals surface area (Å²) < 4.78 is 0. The van der Waals surface area contributed by atoms with Crippen LogP contribution in [0.2, 0.25) is 0 Å². The molecule has 1 fully saturated rings. The number of aliphatic hydroxyl groups is 1. The minimum absolute atomic E-state index is 0.233. The van der Waals surface area contributed by atoms with E-state index in [1.54, 1.807) is 0 Å². The molecule has 0 spiro atoms. The molecule has 8 nitrogen and oxygen atoms in total. The maximum absolute atomic E-state index is 11.7. The molecule has 4 N–H and O–H groups in total. The summed E-state index contributed by atoms with van der Waals surface area (Å²) in [6.07, 6.45) is 4.52. The summed E-state index contributed by atoms with van der Waals surface area (Å²) in [6, 6.07) is -1.16. The lowest BCUT2D eigenvalue weighted by Crippen LogP contribution is -2.61. The largest absolute Gasteiger partial charge is 0.411 e. The second kappa shape index (κ2) is 8.20. The number of amides is 2. The Labute approximate surface area is 110 Å². The molecular weight excluding hydrogens is 252 g/mol. The van der Waals surface area contributed by atoms with Crippen LogP contribution in [0.5, 0.6) is 0 Å². The summed E-state index contributed by atoms with van der Waals surface area (Å²) >= 11 is 0. The van der Waals surface area contributed by atoms with E-state index in [0.717, 1.165) is 0 Å². The van der Waals surface area contributed by atoms with E-state index in [1.807, 2.05) is 0 Å². The van der Waals surface area contributed by atoms with Gasteiger partial charge in [0.2, 0.25) is 11.8 Å². The highest BCUT2D eigenvalue weighted by atomic mass is 16.4. The van der Waals surface area contributed by atoms with E-state index in [1.165, 1.54) is 12.4 Å². The maximum atomic E-state index is 11.7. The lowest BCUT2D eigenvalue weighted by atomic mass is 10.0. The zero-order valence-electron chi connectivity index (χ0n) is 10.5. The quantitative estimate of drug-likeness (QED) is 0.269. The molecule has 0 bridgehead atoms. The van der Waals surface area contributed by atoms with Crippen molar-refractivity contribution in [2.75, 3.05) is 6.73 Å². The van der Waals surface area contributed by atoms with E-state index in [0.29, 0.717) is 25.7 Å². The molecule has 1 aliphatic heterocycles. The average Bonchev–Trinajstić information content (AvgIpc) is 2.39. The van der Waals surface area contributed by atoms with E-state index in [9.17, 15) is 9.59 Å². The van der Waals surface area contributed by atoms with E-state index < -0.39 is 12.1 Å². The van der Waals surface area contributed by atoms with Crippen LogP contribution in [0.4, 0.5) is 0 Å². The molecule has 0 aromatic carbocycles. The number of hydrogen-bond donors (Lipinski definition) is 4. The Morgan fingerprint density at radius 1 is 1.05 bits per heavy atom. The van der Waals surface area contributed by atoms with Gasteiger partial charge in [-0.2, -0.15) is 0 Å². The number of rotatable bonds is 7. The van der Waals surface area contributed by atoms with E-state index in [4.69, 9.17) is 10.3 Å². The van der Waals surface area contributed by atoms with Gasteiger partial charge in [0.05, 0.1) is 0 Å². The van der Waals surface area contributed by atoms with Crippen molar-refractivity contribution in [3.8, 4) is 0 Å². The van der Waals surface area contributed by atoms with Gasteiger partial charge in [-0.3, -0.25) is 14.6 Å². The fourth-order valence-corrected chi connectivity index (χ4v) is 1.77. The highest BCUT2D eigenvalue weighted by molar-refractivity contribution is 5.97. The number of hydrogen-bond acceptors (Lipinski definition) is 6. The molecule has 106 valence electrons. The van der Waals surface area contributed by atoms with Crippen molar-refractivity contribution in [1.29, 1.82) is 0 Å². The maximum Gasteiger partial charge on any atom is 0.243 e. The molecule has 1 rings (SSSR count). The van der Waals surface area contributed by atoms with Crippen LogP contribution in [-0.4, -0.2) is 53.4 Å². The summed E-state index contributed by atoms with van der Waals surface area (Å²) in [7, 11) is 0. The third-order valence-corrected chi connectivity index (χ3v) is 2.73. The minimum atomic E-state index is -0.590. The summed E-state index contributed by atoms with van der Waals surface area (Å²) in [5, 5.41) is 24.8. The molecule has 2 atom stereocenters. The topological polar surface area (TPSA) is 123 Å². The highest BCUT2D eigenvalue weighted by Crippen LogP contribution is 2.06. The molecular formula is C11H18N4O4. The first-order valence-electron chi connectivity index (χ1n) is 6.04. The van der Waals surface area contributed by atoms with Crippen molar-refractivity contribution in [3.63, 3.8) is 0 Å². The predicted molar refractivity (Wildman–Crippen MR) is 68.2 cm³/mol. The molecule has 1 unspecified atom stereocenters. The lowest BCUT2D eigenvalue weighted by Gasteiger charge is -2.29. The van der Waals surface area contributed by atoms with Crippen LogP contribution in [-0.2, 0) is 9.59 Å². The molecule has 0 aliphatic carbocycles. The van der Waals surface area contributed by atoms with Gasteiger partial charge in [-0.25, -0.2) is 0 Å². The molecule has 1 heterocycles. The van der Waals surface area contributed by atoms with Crippen LogP contribution in [0.1, 0.15) is 25.7 Å². The normalized spacial score (nSPS) is 23.8. The number of oxime groups is 1. The molecule has 0 aromatic rings. The summed E-state index contributed by atoms with van der Waals surface area (Å²) in [6.45, 7) is -0.280. The first kappa shape index (κ1) is 15.1. The Morgan fingerprint density at radius 2 is 1.58 bits per heavy atom. The van der Waals surface area contributed by atoms with Crippen molar-refractivity contribution in [2.24, 2.45) is 10.1 Å². The van der Waals surface area contributed by atoms with Gasteiger partial charge >= 0.3 is 0 Å². The lowest BCUT2D eigenvalue weighted by molar-refractivity contribution is -0.137. The first-order chi connectivity index (χ1) is 9.19. The molecule has 1 aliphatic rings. The molecule has 8 heteroatoms. The van der Waals surface area contributed by atoms with Gasteiger partial charge < -0.3 is 20.9 Å². The summed E-state index contributed by atoms with van der Waals surface area (Å²) in [5.74, 6) is -0.474. The standard InChI is InChI=1S/C11H18N4O4/c16-7-12-5-1-3-8-10(17)15-9(11(18)14-8)4-2-6-13-19/h5-6,8-9,16,19H,1-4,7H2,(H,14,18)(H,15,17)/b12-5?,13-6+/t8-,9?/m1/s1. The number of carbonyl (C=O) groups is 2. The summed E-state index contributed by atoms with van der Waals surface area (Å²) in [5.41, 5.74) is 0. The smallest absolute Gasteiger partial charge is 0.243 e. The monoisotopic (exact) mass is 270 g/mol. The molecule has 0 radical (unpaired) electrons. The van der Waals surface area contributed by atoms with Gasteiger partial charge in [0.25, 0.3) is 0 Å². The zero-order valence-corrected chi connectivity index (χ0v) is 10.5. The van der Waals surface area contributed by atoms with Crippen molar-refractivity contribution in [3.05, 3.63) is 0 Å². The fraction of sp³-hybridized carbons (Fsp3) is 0.636. The van der Waals surface area contributed by atoms with Crippen LogP contribution in [0.25, 0.3) is 0 Å². The van der Waals surface area contributed by atoms with Crippen LogP contribution in [0.15, 0.2) is 10.1 Å². The van der Waals surface area contributed by atoms with Crippen LogP contribution < -0.4 is 10.6 Å². The predicted octanol–water partition coefficient (Wildman–Crippen LogP) is -0.989. The SMILES string of the molecule is O=C1N[C@H](CCC=NCO)C(=O)NC1CC/C=N/O. The fourth-order valence-electron chi connectivity index (χ4n) is 1.77. The number of carbonyl (C=O) groups excluding carboxylic acids is 2. The second-order valence-electron chi connectivity index (χ2n) is 4.08. The number of nitrogens with zero attached hydrogens (tertiary/aromatic N) is 2. The number of aliphatic imine (C=N–C) groups is 1. The molecule has 2 amide bonds. The van der Waals surface area contributed by atoms with Crippen LogP contribution >= 0.6 is 0 Å². The minimum Gasteiger partial charge on any atom is -0.411 e. The summed E-state index contributed by atoms with van der Waals surface area (Å²) in [4.78, 5) is 27.1. The Morgan fingerprint density at radius 3 is 2.05 bits per heavy atom. The van der Waals surface area contributed by atoms with Crippen molar-refractivity contribution >= 4 is 24.2 Å². The molecule has 19 heavy (non-hydrogen) atoms. The van der Waals surface area contributed by atoms with Crippen molar-refractivity contribution in [1.82, 2.24) is 10.6 Å². The van der Waals surface area contributed by atoms with Crippen molar-refractivity contribution in [2.45, 2.75) is 37.8 Å². The number of aliphatic hydroxyl groups excluding tert-OH is 1. The number of piperazine rings is 1. The van der Waals surface area contributed by atoms with Gasteiger partial charge in [0, 0.05) is 12.4 Å². The Hall–Kier alpha value is -1.96. The molecule has 0 saturated carbocycles. The Kier molecular flexibility index (Phi) is 6.51. The third kappa shape index (κ3) is 5.04. The average molecular weight is 270 g/mol. The second-order valence-corrected chi connectivity index (χ2v) is 4.08. The van der Waals surface area contributed by atoms with Gasteiger partial charge in [0.15, 0.2) is 0 Å². The number of nitrogens with one attached hydrogen (secondary N) is 2. The third-order valence-electron chi connectivity index (χ3n) is 2.73. The Bertz CT molecular complexity index is 370. The van der Waals surface area contributed by atoms with E-state index in [-0.39, 0.29) is 18.5 Å². The van der Waals surface area contributed by atoms with Gasteiger partial charge in [0.1, 0.15) is 18.8 Å². The van der Waals surface area contributed by atoms with E-state index >= 15 is 0 Å². The van der Waals surface area contributed by atoms with Crippen LogP contribution in [0.3, 0.4) is 0 Å². The van der Waals surface area contributed by atoms with Crippen molar-refractivity contribution < 1.29 is 19.9 Å². The molecule has 0 aromatic heterocycles. The van der Waals surface area contributed by atoms with E-state index in [2.05, 4.69) is 20.8 Å². The first-order valence-corrected chi connectivity index (χ1v) is 6.04. The zero-order chi connectivity index (χ0) is 14.1. The Balaban J connectivity index is 2.40. The molecule has 1 saturated heterocycles. The van der Waals surface area contributed by atoms with Gasteiger partial charge in [-0.15, -0.1) is 5.16 Å². The van der Waals surface area contributed by atoms with Gasteiger partial charge in [-0.1, -0.05) is 0 Å². The van der Waals surface area contributed by atoms with Gasteiger partial charge in [-0.05, 0) is 25.7 Å².